The summed E-state index contributed by atoms with van der Waals surface area (Å²) in [5.74, 6) is -3.31. The topological polar surface area (TPSA) is 186 Å². The van der Waals surface area contributed by atoms with Crippen molar-refractivity contribution in [2.45, 2.75) is 91.9 Å². The highest BCUT2D eigenvalue weighted by molar-refractivity contribution is 5.95. The van der Waals surface area contributed by atoms with Gasteiger partial charge in [0.1, 0.15) is 23.7 Å². The largest absolute Gasteiger partial charge is 0.489 e. The fourth-order valence-electron chi connectivity index (χ4n) is 5.25. The van der Waals surface area contributed by atoms with Crippen LogP contribution in [0.2, 0.25) is 0 Å². The fraction of sp³-hybridized carbons (Fsp3) is 0.553. The molecule has 0 spiro atoms. The molecule has 2 amide bonds. The molecule has 0 aliphatic heterocycles. The van der Waals surface area contributed by atoms with Crippen LogP contribution < -0.4 is 15.4 Å². The van der Waals surface area contributed by atoms with Crippen LogP contribution in [0.15, 0.2) is 59.7 Å². The Hall–Kier alpha value is -4.74. The second-order valence-corrected chi connectivity index (χ2v) is 13.9. The third kappa shape index (κ3) is 18.2. The Bertz CT molecular complexity index is 1470. The second-order valence-electron chi connectivity index (χ2n) is 13.9. The van der Waals surface area contributed by atoms with Crippen molar-refractivity contribution in [3.63, 3.8) is 0 Å². The van der Waals surface area contributed by atoms with E-state index < -0.39 is 47.0 Å². The standard InChI is InChI=1S/C38H53N5O8/c1-26(2)20-33(34(45)23-31(24-35(46)51-38(4,5)6)36(47)40-16-18-49-19-17-41-43-39)42-37(48)30(21-27(3)44)22-28-12-14-32(15-13-28)50-25-29-10-8-7-9-11-29/h7-15,26,30-31,33H,16-25H2,1-6H3,(H,40,47)(H,42,48)/t30-,31-,33+/m0/s1. The van der Waals surface area contributed by atoms with E-state index in [-0.39, 0.29) is 63.7 Å². The van der Waals surface area contributed by atoms with Gasteiger partial charge in [0.25, 0.3) is 0 Å². The molecule has 13 nitrogen and oxygen atoms in total. The molecule has 0 aromatic heterocycles. The van der Waals surface area contributed by atoms with Gasteiger partial charge in [-0.25, -0.2) is 0 Å². The number of amides is 2. The average Bonchev–Trinajstić information content (AvgIpc) is 3.05. The van der Waals surface area contributed by atoms with Crippen LogP contribution in [0.5, 0.6) is 5.75 Å². The van der Waals surface area contributed by atoms with Gasteiger partial charge >= 0.3 is 5.97 Å². The predicted molar refractivity (Wildman–Crippen MR) is 193 cm³/mol. The molecule has 0 unspecified atom stereocenters. The number of Topliss-reactive ketones (excluding diaryl/α,β-unsaturated/α-hetero) is 2. The Morgan fingerprint density at radius 1 is 0.863 bits per heavy atom. The summed E-state index contributed by atoms with van der Waals surface area (Å²) >= 11 is 0. The molecule has 0 fully saturated rings. The minimum absolute atomic E-state index is 0.00888. The molecular formula is C38H53N5O8. The van der Waals surface area contributed by atoms with Crippen molar-refractivity contribution in [1.29, 1.82) is 0 Å². The quantitative estimate of drug-likeness (QED) is 0.0485. The van der Waals surface area contributed by atoms with E-state index in [2.05, 4.69) is 20.7 Å². The summed E-state index contributed by atoms with van der Waals surface area (Å²) < 4.78 is 16.6. The van der Waals surface area contributed by atoms with E-state index in [1.54, 1.807) is 20.8 Å². The lowest BCUT2D eigenvalue weighted by Gasteiger charge is -2.25. The zero-order chi connectivity index (χ0) is 37.8. The van der Waals surface area contributed by atoms with Crippen LogP contribution in [0.4, 0.5) is 0 Å². The molecule has 0 saturated carbocycles. The lowest BCUT2D eigenvalue weighted by Crippen LogP contribution is -2.46. The van der Waals surface area contributed by atoms with Gasteiger partial charge in [-0.3, -0.25) is 19.2 Å². The van der Waals surface area contributed by atoms with Crippen LogP contribution >= 0.6 is 0 Å². The molecule has 0 radical (unpaired) electrons. The first-order chi connectivity index (χ1) is 24.2. The van der Waals surface area contributed by atoms with Crippen molar-refractivity contribution < 1.29 is 38.2 Å². The molecule has 13 heteroatoms. The van der Waals surface area contributed by atoms with E-state index in [0.717, 1.165) is 11.1 Å². The summed E-state index contributed by atoms with van der Waals surface area (Å²) in [5.41, 5.74) is 9.43. The molecule has 2 N–H and O–H groups in total. The predicted octanol–water partition coefficient (Wildman–Crippen LogP) is 5.68. The molecule has 0 saturated heterocycles. The van der Waals surface area contributed by atoms with Crippen molar-refractivity contribution >= 4 is 29.4 Å². The van der Waals surface area contributed by atoms with Crippen LogP contribution in [0, 0.1) is 17.8 Å². The van der Waals surface area contributed by atoms with Crippen molar-refractivity contribution in [3.8, 4) is 5.75 Å². The lowest BCUT2D eigenvalue weighted by atomic mass is 9.89. The number of carbonyl (C=O) groups excluding carboxylic acids is 5. The molecule has 0 bridgehead atoms. The van der Waals surface area contributed by atoms with E-state index in [1.165, 1.54) is 6.92 Å². The molecule has 51 heavy (non-hydrogen) atoms. The highest BCUT2D eigenvalue weighted by atomic mass is 16.6. The van der Waals surface area contributed by atoms with Crippen LogP contribution in [0.25, 0.3) is 10.4 Å². The van der Waals surface area contributed by atoms with Crippen LogP contribution in [-0.2, 0) is 46.5 Å². The number of nitrogens with zero attached hydrogens (tertiary/aromatic N) is 3. The van der Waals surface area contributed by atoms with Crippen LogP contribution in [0.1, 0.15) is 78.4 Å². The van der Waals surface area contributed by atoms with Crippen LogP contribution in [-0.4, -0.2) is 67.3 Å². The van der Waals surface area contributed by atoms with Gasteiger partial charge in [0, 0.05) is 36.8 Å². The van der Waals surface area contributed by atoms with Crippen LogP contribution in [0.3, 0.4) is 0 Å². The fourth-order valence-corrected chi connectivity index (χ4v) is 5.25. The minimum Gasteiger partial charge on any atom is -0.489 e. The number of ketones is 2. The number of azide groups is 1. The summed E-state index contributed by atoms with van der Waals surface area (Å²) in [6.07, 6.45) is -0.114. The maximum Gasteiger partial charge on any atom is 0.307 e. The number of nitrogens with one attached hydrogen (secondary N) is 2. The van der Waals surface area contributed by atoms with Gasteiger partial charge in [-0.05, 0) is 75.2 Å². The van der Waals surface area contributed by atoms with E-state index in [4.69, 9.17) is 19.7 Å². The van der Waals surface area contributed by atoms with Gasteiger partial charge in [-0.1, -0.05) is 61.4 Å². The first kappa shape index (κ1) is 42.4. The van der Waals surface area contributed by atoms with Crippen molar-refractivity contribution in [1.82, 2.24) is 10.6 Å². The molecule has 3 atom stereocenters. The minimum atomic E-state index is -1.06. The zero-order valence-corrected chi connectivity index (χ0v) is 30.7. The van der Waals surface area contributed by atoms with E-state index in [1.807, 2.05) is 68.4 Å². The SMILES string of the molecule is CC(=O)C[C@@H](Cc1ccc(OCc2ccccc2)cc1)C(=O)N[C@H](CC(C)C)C(=O)C[C@@H](CC(=O)OC(C)(C)C)C(=O)NCCOCCN=[N+]=[N-]. The highest BCUT2D eigenvalue weighted by Crippen LogP contribution is 2.21. The summed E-state index contributed by atoms with van der Waals surface area (Å²) in [6.45, 7) is 11.3. The number of carbonyl (C=O) groups is 5. The highest BCUT2D eigenvalue weighted by Gasteiger charge is 2.32. The Balaban J connectivity index is 2.15. The normalized spacial score (nSPS) is 12.9. The number of hydrogen-bond acceptors (Lipinski definition) is 9. The number of esters is 1. The van der Waals surface area contributed by atoms with Crippen molar-refractivity contribution in [2.75, 3.05) is 26.3 Å². The number of ether oxygens (including phenoxy) is 3. The summed E-state index contributed by atoms with van der Waals surface area (Å²) in [4.78, 5) is 68.3. The Labute approximate surface area is 300 Å². The van der Waals surface area contributed by atoms with Gasteiger partial charge in [-0.15, -0.1) is 0 Å². The third-order valence-electron chi connectivity index (χ3n) is 7.57. The number of hydrogen-bond donors (Lipinski definition) is 2. The van der Waals surface area contributed by atoms with Gasteiger partial charge in [0.05, 0.1) is 31.6 Å². The second kappa shape index (κ2) is 22.2. The molecule has 2 aromatic carbocycles. The van der Waals surface area contributed by atoms with Gasteiger partial charge in [-0.2, -0.15) is 0 Å². The van der Waals surface area contributed by atoms with Crippen molar-refractivity contribution in [3.05, 3.63) is 76.2 Å². The molecule has 0 heterocycles. The molecule has 0 aliphatic carbocycles. The first-order valence-electron chi connectivity index (χ1n) is 17.3. The maximum atomic E-state index is 13.8. The molecule has 2 aromatic rings. The first-order valence-corrected chi connectivity index (χ1v) is 17.3. The molecule has 278 valence electrons. The monoisotopic (exact) mass is 707 g/mol. The van der Waals surface area contributed by atoms with Gasteiger partial charge < -0.3 is 29.6 Å². The third-order valence-corrected chi connectivity index (χ3v) is 7.57. The summed E-state index contributed by atoms with van der Waals surface area (Å²) in [5, 5.41) is 8.94. The molecule has 2 rings (SSSR count). The molecule has 0 aliphatic rings. The Morgan fingerprint density at radius 3 is 2.16 bits per heavy atom. The summed E-state index contributed by atoms with van der Waals surface area (Å²) in [6, 6.07) is 16.2. The Morgan fingerprint density at radius 2 is 1.55 bits per heavy atom. The van der Waals surface area contributed by atoms with Gasteiger partial charge in [0.2, 0.25) is 11.8 Å². The lowest BCUT2D eigenvalue weighted by molar-refractivity contribution is -0.157. The number of benzene rings is 2. The number of rotatable bonds is 23. The van der Waals surface area contributed by atoms with E-state index in [9.17, 15) is 24.0 Å². The van der Waals surface area contributed by atoms with E-state index >= 15 is 0 Å². The smallest absolute Gasteiger partial charge is 0.307 e. The summed E-state index contributed by atoms with van der Waals surface area (Å²) in [7, 11) is 0. The van der Waals surface area contributed by atoms with Gasteiger partial charge in [0.15, 0.2) is 5.78 Å². The zero-order valence-electron chi connectivity index (χ0n) is 30.7. The van der Waals surface area contributed by atoms with Crippen molar-refractivity contribution in [2.24, 2.45) is 22.9 Å². The maximum absolute atomic E-state index is 13.8. The average molecular weight is 708 g/mol. The molecular weight excluding hydrogens is 654 g/mol. The van der Waals surface area contributed by atoms with E-state index in [0.29, 0.717) is 18.8 Å². The Kier molecular flexibility index (Phi) is 18.4.